The highest BCUT2D eigenvalue weighted by Crippen LogP contribution is 2.16. The third-order valence-electron chi connectivity index (χ3n) is 3.59. The summed E-state index contributed by atoms with van der Waals surface area (Å²) in [5.74, 6) is -0.0393. The molecule has 0 unspecified atom stereocenters. The molecule has 2 aromatic carbocycles. The SMILES string of the molecule is CCc1ccc(CCC(=O)Nc2ccc(OCC(N)=O)cc2)cc1. The highest BCUT2D eigenvalue weighted by molar-refractivity contribution is 5.90. The van der Waals surface area contributed by atoms with Crippen LogP contribution in [0.25, 0.3) is 0 Å². The zero-order valence-electron chi connectivity index (χ0n) is 13.7. The number of aryl methyl sites for hydroxylation is 2. The van der Waals surface area contributed by atoms with Crippen molar-refractivity contribution in [1.29, 1.82) is 0 Å². The number of carbonyl (C=O) groups is 2. The Bertz CT molecular complexity index is 679. The summed E-state index contributed by atoms with van der Waals surface area (Å²) in [5.41, 5.74) is 8.14. The van der Waals surface area contributed by atoms with E-state index >= 15 is 0 Å². The Hall–Kier alpha value is -2.82. The number of nitrogens with two attached hydrogens (primary N) is 1. The number of hydrogen-bond acceptors (Lipinski definition) is 3. The molecule has 2 rings (SSSR count). The third kappa shape index (κ3) is 5.76. The molecule has 0 heterocycles. The normalized spacial score (nSPS) is 10.2. The van der Waals surface area contributed by atoms with E-state index in [1.54, 1.807) is 24.3 Å². The van der Waals surface area contributed by atoms with Crippen LogP contribution < -0.4 is 15.8 Å². The van der Waals surface area contributed by atoms with E-state index in [0.29, 0.717) is 24.3 Å². The minimum absolute atomic E-state index is 0.0413. The molecule has 0 saturated carbocycles. The second kappa shape index (κ2) is 8.72. The molecule has 2 amide bonds. The molecule has 0 aliphatic carbocycles. The molecule has 0 spiro atoms. The minimum Gasteiger partial charge on any atom is -0.484 e. The number of ether oxygens (including phenoxy) is 1. The summed E-state index contributed by atoms with van der Waals surface area (Å²) in [6, 6.07) is 15.1. The summed E-state index contributed by atoms with van der Waals surface area (Å²) in [4.78, 5) is 22.7. The summed E-state index contributed by atoms with van der Waals surface area (Å²) in [6.07, 6.45) is 2.14. The summed E-state index contributed by atoms with van der Waals surface area (Å²) < 4.78 is 5.16. The van der Waals surface area contributed by atoms with Crippen LogP contribution in [0.5, 0.6) is 5.75 Å². The van der Waals surface area contributed by atoms with E-state index in [9.17, 15) is 9.59 Å². The fourth-order valence-electron chi connectivity index (χ4n) is 2.21. The molecule has 126 valence electrons. The van der Waals surface area contributed by atoms with Gasteiger partial charge in [-0.15, -0.1) is 0 Å². The van der Waals surface area contributed by atoms with Crippen LogP contribution in [-0.4, -0.2) is 18.4 Å². The lowest BCUT2D eigenvalue weighted by atomic mass is 10.1. The standard InChI is InChI=1S/C19H22N2O3/c1-2-14-3-5-15(6-4-14)7-12-19(23)21-16-8-10-17(11-9-16)24-13-18(20)22/h3-6,8-11H,2,7,12-13H2,1H3,(H2,20,22)(H,21,23). The van der Waals surface area contributed by atoms with E-state index < -0.39 is 5.91 Å². The number of benzene rings is 2. The van der Waals surface area contributed by atoms with Crippen LogP contribution >= 0.6 is 0 Å². The minimum atomic E-state index is -0.528. The summed E-state index contributed by atoms with van der Waals surface area (Å²) >= 11 is 0. The lowest BCUT2D eigenvalue weighted by Crippen LogP contribution is -2.20. The van der Waals surface area contributed by atoms with Crippen LogP contribution in [0.3, 0.4) is 0 Å². The molecular formula is C19H22N2O3. The van der Waals surface area contributed by atoms with Gasteiger partial charge in [-0.1, -0.05) is 31.2 Å². The Balaban J connectivity index is 1.79. The van der Waals surface area contributed by atoms with E-state index in [0.717, 1.165) is 12.0 Å². The van der Waals surface area contributed by atoms with Gasteiger partial charge in [-0.2, -0.15) is 0 Å². The van der Waals surface area contributed by atoms with E-state index in [1.807, 2.05) is 0 Å². The van der Waals surface area contributed by atoms with Gasteiger partial charge < -0.3 is 15.8 Å². The molecule has 3 N–H and O–H groups in total. The third-order valence-corrected chi connectivity index (χ3v) is 3.59. The maximum atomic E-state index is 12.0. The molecule has 5 nitrogen and oxygen atoms in total. The molecule has 5 heteroatoms. The van der Waals surface area contributed by atoms with Crippen molar-refractivity contribution < 1.29 is 14.3 Å². The molecule has 0 atom stereocenters. The summed E-state index contributed by atoms with van der Waals surface area (Å²) in [7, 11) is 0. The van der Waals surface area contributed by atoms with Crippen molar-refractivity contribution in [3.8, 4) is 5.75 Å². The average molecular weight is 326 g/mol. The van der Waals surface area contributed by atoms with E-state index in [1.165, 1.54) is 5.56 Å². The van der Waals surface area contributed by atoms with Crippen LogP contribution in [0.1, 0.15) is 24.5 Å². The number of nitrogens with one attached hydrogen (secondary N) is 1. The van der Waals surface area contributed by atoms with Crippen LogP contribution in [0.2, 0.25) is 0 Å². The number of anilines is 1. The smallest absolute Gasteiger partial charge is 0.255 e. The predicted octanol–water partition coefficient (Wildman–Crippen LogP) is 2.68. The van der Waals surface area contributed by atoms with Crippen LogP contribution in [0.15, 0.2) is 48.5 Å². The lowest BCUT2D eigenvalue weighted by Gasteiger charge is -2.08. The van der Waals surface area contributed by atoms with Gasteiger partial charge in [0, 0.05) is 12.1 Å². The van der Waals surface area contributed by atoms with Gasteiger partial charge in [-0.3, -0.25) is 9.59 Å². The molecule has 0 bridgehead atoms. The molecule has 0 aliphatic heterocycles. The monoisotopic (exact) mass is 326 g/mol. The van der Waals surface area contributed by atoms with E-state index in [4.69, 9.17) is 10.5 Å². The highest BCUT2D eigenvalue weighted by atomic mass is 16.5. The fraction of sp³-hybridized carbons (Fsp3) is 0.263. The second-order valence-corrected chi connectivity index (χ2v) is 5.50. The summed E-state index contributed by atoms with van der Waals surface area (Å²) in [6.45, 7) is 1.95. The van der Waals surface area contributed by atoms with Gasteiger partial charge in [0.05, 0.1) is 0 Å². The van der Waals surface area contributed by atoms with Gasteiger partial charge in [0.1, 0.15) is 5.75 Å². The van der Waals surface area contributed by atoms with Gasteiger partial charge >= 0.3 is 0 Å². The van der Waals surface area contributed by atoms with Crippen molar-refractivity contribution in [3.05, 3.63) is 59.7 Å². The maximum Gasteiger partial charge on any atom is 0.255 e. The first-order valence-corrected chi connectivity index (χ1v) is 7.95. The Labute approximate surface area is 141 Å². The molecule has 0 radical (unpaired) electrons. The second-order valence-electron chi connectivity index (χ2n) is 5.50. The quantitative estimate of drug-likeness (QED) is 0.782. The number of carbonyl (C=O) groups excluding carboxylic acids is 2. The average Bonchev–Trinajstić information content (AvgIpc) is 2.60. The molecular weight excluding hydrogens is 304 g/mol. The first-order valence-electron chi connectivity index (χ1n) is 7.95. The molecule has 0 aliphatic rings. The molecule has 0 fully saturated rings. The molecule has 2 aromatic rings. The van der Waals surface area contributed by atoms with Crippen molar-refractivity contribution in [3.63, 3.8) is 0 Å². The summed E-state index contributed by atoms with van der Waals surface area (Å²) in [5, 5.41) is 2.84. The van der Waals surface area contributed by atoms with E-state index in [-0.39, 0.29) is 12.5 Å². The number of hydrogen-bond donors (Lipinski definition) is 2. The molecule has 24 heavy (non-hydrogen) atoms. The number of rotatable bonds is 8. The lowest BCUT2D eigenvalue weighted by molar-refractivity contribution is -0.120. The fourth-order valence-corrected chi connectivity index (χ4v) is 2.21. The first kappa shape index (κ1) is 17.5. The Kier molecular flexibility index (Phi) is 6.37. The van der Waals surface area contributed by atoms with Gasteiger partial charge in [0.15, 0.2) is 6.61 Å². The Morgan fingerprint density at radius 1 is 1.00 bits per heavy atom. The van der Waals surface area contributed by atoms with Gasteiger partial charge in [-0.25, -0.2) is 0 Å². The van der Waals surface area contributed by atoms with Crippen LogP contribution in [0, 0.1) is 0 Å². The zero-order valence-corrected chi connectivity index (χ0v) is 13.7. The predicted molar refractivity (Wildman–Crippen MR) is 93.9 cm³/mol. The Morgan fingerprint density at radius 3 is 2.21 bits per heavy atom. The number of amides is 2. The van der Waals surface area contributed by atoms with Crippen molar-refractivity contribution in [1.82, 2.24) is 0 Å². The van der Waals surface area contributed by atoms with Crippen molar-refractivity contribution in [2.45, 2.75) is 26.2 Å². The highest BCUT2D eigenvalue weighted by Gasteiger charge is 2.04. The van der Waals surface area contributed by atoms with Crippen molar-refractivity contribution >= 4 is 17.5 Å². The zero-order chi connectivity index (χ0) is 17.4. The topological polar surface area (TPSA) is 81.4 Å². The van der Waals surface area contributed by atoms with E-state index in [2.05, 4.69) is 36.5 Å². The molecule has 0 saturated heterocycles. The molecule has 0 aromatic heterocycles. The largest absolute Gasteiger partial charge is 0.484 e. The van der Waals surface area contributed by atoms with Gasteiger partial charge in [0.25, 0.3) is 5.91 Å². The van der Waals surface area contributed by atoms with Gasteiger partial charge in [0.2, 0.25) is 5.91 Å². The van der Waals surface area contributed by atoms with Gasteiger partial charge in [-0.05, 0) is 48.2 Å². The van der Waals surface area contributed by atoms with Crippen LogP contribution in [0.4, 0.5) is 5.69 Å². The maximum absolute atomic E-state index is 12.0. The number of primary amides is 1. The first-order chi connectivity index (χ1) is 11.6. The van der Waals surface area contributed by atoms with Crippen molar-refractivity contribution in [2.24, 2.45) is 5.73 Å². The Morgan fingerprint density at radius 2 is 1.62 bits per heavy atom. The van der Waals surface area contributed by atoms with Crippen LogP contribution in [-0.2, 0) is 22.4 Å². The van der Waals surface area contributed by atoms with Crippen molar-refractivity contribution in [2.75, 3.05) is 11.9 Å².